The van der Waals surface area contributed by atoms with Crippen LogP contribution in [0.2, 0.25) is 36.3 Å². The number of ether oxygens (including phenoxy) is 1. The maximum absolute atomic E-state index is 13.6. The summed E-state index contributed by atoms with van der Waals surface area (Å²) in [7, 11) is -4.24. The van der Waals surface area contributed by atoms with Crippen LogP contribution in [0.4, 0.5) is 0 Å². The first-order valence-electron chi connectivity index (χ1n) is 11.7. The van der Waals surface area contributed by atoms with Crippen molar-refractivity contribution in [1.29, 1.82) is 0 Å². The lowest BCUT2D eigenvalue weighted by Gasteiger charge is -2.61. The molecule has 32 heavy (non-hydrogen) atoms. The van der Waals surface area contributed by atoms with Crippen molar-refractivity contribution < 1.29 is 23.9 Å². The third kappa shape index (κ3) is 5.74. The maximum Gasteiger partial charge on any atom is 0.332 e. The Balaban J connectivity index is 3.32. The molecule has 1 N–H and O–H groups in total. The number of carbonyl (C=O) groups is 2. The topological polar surface area (TPSA) is 76.1 Å². The summed E-state index contributed by atoms with van der Waals surface area (Å²) in [6.45, 7) is 29.8. The van der Waals surface area contributed by atoms with E-state index in [0.29, 0.717) is 0 Å². The number of β-lactam (4-membered cyclic amide) rings is 1. The molecule has 8 heteroatoms. The summed E-state index contributed by atoms with van der Waals surface area (Å²) in [6.07, 6.45) is 0.681. The van der Waals surface area contributed by atoms with Gasteiger partial charge in [-0.3, -0.25) is 4.79 Å². The fourth-order valence-electron chi connectivity index (χ4n) is 3.83. The number of nitrogens with zero attached hydrogens (tertiary/aromatic N) is 1. The average Bonchev–Trinajstić information content (AvgIpc) is 2.57. The molecule has 6 nitrogen and oxygen atoms in total. The normalized spacial score (nSPS) is 23.4. The number of carboxylic acid groups (broad SMARTS) is 1. The zero-order valence-corrected chi connectivity index (χ0v) is 24.4. The van der Waals surface area contributed by atoms with E-state index in [-0.39, 0.29) is 46.6 Å². The van der Waals surface area contributed by atoms with Crippen LogP contribution in [0, 0.1) is 11.8 Å². The molecule has 1 rings (SSSR count). The van der Waals surface area contributed by atoms with Crippen molar-refractivity contribution in [2.24, 2.45) is 11.8 Å². The largest absolute Gasteiger partial charge is 0.479 e. The molecule has 1 unspecified atom stereocenters. The quantitative estimate of drug-likeness (QED) is 0.250. The van der Waals surface area contributed by atoms with Gasteiger partial charge in [0.25, 0.3) is 0 Å². The van der Waals surface area contributed by atoms with Crippen molar-refractivity contribution in [2.75, 3.05) is 6.61 Å². The van der Waals surface area contributed by atoms with E-state index in [1.165, 1.54) is 6.92 Å². The van der Waals surface area contributed by atoms with Crippen LogP contribution in [-0.2, 0) is 18.8 Å². The summed E-state index contributed by atoms with van der Waals surface area (Å²) >= 11 is 0. The van der Waals surface area contributed by atoms with Crippen LogP contribution in [0.15, 0.2) is 12.7 Å². The zero-order chi connectivity index (χ0) is 25.4. The molecule has 1 amide bonds. The van der Waals surface area contributed by atoms with Crippen molar-refractivity contribution in [3.05, 3.63) is 12.7 Å². The number of aliphatic carboxylic acids is 1. The summed E-state index contributed by atoms with van der Waals surface area (Å²) in [5, 5.41) is 9.25. The molecule has 1 saturated heterocycles. The van der Waals surface area contributed by atoms with E-state index < -0.39 is 28.6 Å². The number of amides is 1. The van der Waals surface area contributed by atoms with Gasteiger partial charge in [-0.15, -0.1) is 6.58 Å². The van der Waals surface area contributed by atoms with Crippen LogP contribution in [-0.4, -0.2) is 63.0 Å². The predicted molar refractivity (Wildman–Crippen MR) is 136 cm³/mol. The van der Waals surface area contributed by atoms with E-state index in [0.717, 1.165) is 0 Å². The summed E-state index contributed by atoms with van der Waals surface area (Å²) < 4.78 is 14.4. The van der Waals surface area contributed by atoms with Gasteiger partial charge in [0.1, 0.15) is 0 Å². The highest BCUT2D eigenvalue weighted by atomic mass is 28.4. The van der Waals surface area contributed by atoms with E-state index in [1.54, 1.807) is 0 Å². The maximum atomic E-state index is 13.6. The van der Waals surface area contributed by atoms with Crippen LogP contribution in [0.25, 0.3) is 0 Å². The monoisotopic (exact) mass is 485 g/mol. The van der Waals surface area contributed by atoms with Crippen molar-refractivity contribution in [3.8, 4) is 0 Å². The van der Waals surface area contributed by atoms with Crippen molar-refractivity contribution in [3.63, 3.8) is 0 Å². The van der Waals surface area contributed by atoms with E-state index in [4.69, 9.17) is 9.16 Å². The van der Waals surface area contributed by atoms with Gasteiger partial charge in [0, 0.05) is 12.0 Å². The Kier molecular flexibility index (Phi) is 8.83. The smallest absolute Gasteiger partial charge is 0.332 e. The van der Waals surface area contributed by atoms with Crippen LogP contribution in [0.1, 0.15) is 55.4 Å². The van der Waals surface area contributed by atoms with Gasteiger partial charge < -0.3 is 18.8 Å². The van der Waals surface area contributed by atoms with Crippen LogP contribution in [0.5, 0.6) is 0 Å². The fraction of sp³-hybridized carbons (Fsp3) is 0.833. The molecule has 186 valence electrons. The van der Waals surface area contributed by atoms with Gasteiger partial charge in [-0.25, -0.2) is 4.79 Å². The lowest BCUT2D eigenvalue weighted by Crippen LogP contribution is -2.76. The summed E-state index contributed by atoms with van der Waals surface area (Å²) in [4.78, 5) is 24.9. The third-order valence-electron chi connectivity index (χ3n) is 8.05. The SMILES string of the molecule is C=C[C@@H](COC(C)C(=O)O)[C@H]1[C@@H]([C@@H](C)O[Si](C)(C)C(C)(C)C)C(=O)N1[Si](C)(C)C(C)(C)C. The molecule has 1 aliphatic heterocycles. The second-order valence-corrected chi connectivity index (χ2v) is 22.2. The van der Waals surface area contributed by atoms with E-state index in [2.05, 4.69) is 78.9 Å². The molecule has 0 spiro atoms. The molecule has 0 aromatic carbocycles. The number of rotatable bonds is 10. The molecule has 0 saturated carbocycles. The molecular weight excluding hydrogens is 438 g/mol. The van der Waals surface area contributed by atoms with Crippen LogP contribution < -0.4 is 0 Å². The number of carbonyl (C=O) groups excluding carboxylic acids is 1. The molecule has 0 aromatic rings. The summed E-state index contributed by atoms with van der Waals surface area (Å²) in [5.41, 5.74) is 0. The molecule has 1 fully saturated rings. The number of hydrogen-bond donors (Lipinski definition) is 1. The summed E-state index contributed by atoms with van der Waals surface area (Å²) in [6, 6.07) is -0.110. The van der Waals surface area contributed by atoms with Gasteiger partial charge in [-0.05, 0) is 37.0 Å². The lowest BCUT2D eigenvalue weighted by atomic mass is 9.78. The molecule has 1 heterocycles. The Hall–Kier alpha value is -0.966. The first kappa shape index (κ1) is 29.1. The van der Waals surface area contributed by atoms with Crippen molar-refractivity contribution in [2.45, 2.75) is 110 Å². The lowest BCUT2D eigenvalue weighted by molar-refractivity contribution is -0.161. The van der Waals surface area contributed by atoms with Gasteiger partial charge in [0.05, 0.1) is 18.6 Å². The molecule has 5 atom stereocenters. The zero-order valence-electron chi connectivity index (χ0n) is 22.4. The molecule has 0 aromatic heterocycles. The Morgan fingerprint density at radius 2 is 1.62 bits per heavy atom. The van der Waals surface area contributed by atoms with Crippen molar-refractivity contribution in [1.82, 2.24) is 4.57 Å². The van der Waals surface area contributed by atoms with E-state index in [9.17, 15) is 14.7 Å². The Morgan fingerprint density at radius 3 is 2.00 bits per heavy atom. The van der Waals surface area contributed by atoms with Crippen LogP contribution in [0.3, 0.4) is 0 Å². The van der Waals surface area contributed by atoms with Gasteiger partial charge in [0.2, 0.25) is 5.91 Å². The minimum absolute atomic E-state index is 0.0175. The third-order valence-corrected chi connectivity index (χ3v) is 18.0. The molecular formula is C24H47NO5Si2. The standard InChI is InChI=1S/C24H47NO5Si2/c1-14-18(15-29-17(3)22(27)28)20-19(16(2)30-32(12,13)24(7,8)9)21(26)25(20)31(10,11)23(4,5)6/h14,16-20H,1,15H2,2-13H3,(H,27,28)/t16-,17?,18+,19-,20+/m1/s1. The van der Waals surface area contributed by atoms with Gasteiger partial charge in [0.15, 0.2) is 22.7 Å². The Morgan fingerprint density at radius 1 is 1.12 bits per heavy atom. The van der Waals surface area contributed by atoms with Gasteiger partial charge in [-0.2, -0.15) is 0 Å². The minimum Gasteiger partial charge on any atom is -0.479 e. The van der Waals surface area contributed by atoms with Crippen LogP contribution >= 0.6 is 0 Å². The van der Waals surface area contributed by atoms with Gasteiger partial charge >= 0.3 is 5.97 Å². The predicted octanol–water partition coefficient (Wildman–Crippen LogP) is 5.52. The van der Waals surface area contributed by atoms with Crippen molar-refractivity contribution >= 4 is 28.4 Å². The highest BCUT2D eigenvalue weighted by Gasteiger charge is 2.61. The number of hydrogen-bond acceptors (Lipinski definition) is 4. The molecule has 0 aliphatic carbocycles. The second-order valence-electron chi connectivity index (χ2n) is 12.3. The summed E-state index contributed by atoms with van der Waals surface area (Å²) in [5.74, 6) is -1.31. The minimum atomic E-state index is -2.17. The molecule has 0 bridgehead atoms. The Labute approximate surface area is 198 Å². The first-order chi connectivity index (χ1) is 14.2. The highest BCUT2D eigenvalue weighted by molar-refractivity contribution is 6.80. The Bertz CT molecular complexity index is 708. The average molecular weight is 486 g/mol. The number of carboxylic acids is 1. The molecule has 1 aliphatic rings. The van der Waals surface area contributed by atoms with Gasteiger partial charge in [-0.1, -0.05) is 60.7 Å². The second kappa shape index (κ2) is 9.72. The first-order valence-corrected chi connectivity index (χ1v) is 17.5. The van der Waals surface area contributed by atoms with E-state index >= 15 is 0 Å². The van der Waals surface area contributed by atoms with E-state index in [1.807, 2.05) is 13.0 Å². The highest BCUT2D eigenvalue weighted by Crippen LogP contribution is 2.49. The molecule has 0 radical (unpaired) electrons. The fourth-order valence-corrected chi connectivity index (χ4v) is 7.78.